The lowest BCUT2D eigenvalue weighted by molar-refractivity contribution is 0.0806. The molecule has 5 nitrogen and oxygen atoms in total. The van der Waals surface area contributed by atoms with Crippen LogP contribution < -0.4 is 4.74 Å². The maximum Gasteiger partial charge on any atom is 0.139 e. The molecule has 0 aliphatic carbocycles. The topological polar surface area (TPSA) is 56.5 Å². The first-order valence-corrected chi connectivity index (χ1v) is 8.74. The van der Waals surface area contributed by atoms with Gasteiger partial charge in [0.15, 0.2) is 0 Å². The van der Waals surface area contributed by atoms with E-state index in [9.17, 15) is 5.11 Å². The smallest absolute Gasteiger partial charge is 0.139 e. The van der Waals surface area contributed by atoms with Gasteiger partial charge in [-0.15, -0.1) is 0 Å². The third-order valence-corrected chi connectivity index (χ3v) is 4.48. The molecule has 130 valence electrons. The summed E-state index contributed by atoms with van der Waals surface area (Å²) in [6.07, 6.45) is 1.40. The molecule has 1 aliphatic heterocycles. The van der Waals surface area contributed by atoms with Gasteiger partial charge in [-0.25, -0.2) is 4.98 Å². The van der Waals surface area contributed by atoms with E-state index in [4.69, 9.17) is 14.5 Å². The van der Waals surface area contributed by atoms with E-state index in [1.807, 2.05) is 54.6 Å². The van der Waals surface area contributed by atoms with Gasteiger partial charge in [0.05, 0.1) is 17.6 Å². The van der Waals surface area contributed by atoms with Crippen molar-refractivity contribution in [3.8, 4) is 5.75 Å². The number of ether oxygens (including phenoxy) is 2. The third-order valence-electron chi connectivity index (χ3n) is 4.48. The molecule has 0 spiro atoms. The lowest BCUT2D eigenvalue weighted by Gasteiger charge is -2.17. The van der Waals surface area contributed by atoms with Crippen molar-refractivity contribution in [2.24, 2.45) is 0 Å². The average molecular weight is 338 g/mol. The Morgan fingerprint density at radius 2 is 1.96 bits per heavy atom. The molecule has 5 heteroatoms. The number of benzene rings is 2. The number of aromatic nitrogens is 2. The third kappa shape index (κ3) is 3.52. The predicted octanol–water partition coefficient (Wildman–Crippen LogP) is 3.33. The molecule has 0 bridgehead atoms. The van der Waals surface area contributed by atoms with E-state index in [1.54, 1.807) is 0 Å². The molecule has 1 aliphatic rings. The summed E-state index contributed by atoms with van der Waals surface area (Å²) in [6, 6.07) is 17.5. The van der Waals surface area contributed by atoms with Crippen molar-refractivity contribution in [1.82, 2.24) is 9.55 Å². The minimum absolute atomic E-state index is 0.00893. The Labute approximate surface area is 146 Å². The van der Waals surface area contributed by atoms with Crippen molar-refractivity contribution in [3.05, 3.63) is 60.4 Å². The van der Waals surface area contributed by atoms with Gasteiger partial charge >= 0.3 is 0 Å². The number of imidazole rings is 1. The zero-order valence-corrected chi connectivity index (χ0v) is 14.0. The Hall–Kier alpha value is -2.37. The van der Waals surface area contributed by atoms with E-state index >= 15 is 0 Å². The molecule has 25 heavy (non-hydrogen) atoms. The van der Waals surface area contributed by atoms with Gasteiger partial charge in [-0.05, 0) is 37.1 Å². The zero-order chi connectivity index (χ0) is 17.1. The molecular formula is C20H22N2O3. The van der Waals surface area contributed by atoms with Crippen molar-refractivity contribution in [2.45, 2.75) is 31.6 Å². The Morgan fingerprint density at radius 3 is 2.76 bits per heavy atom. The lowest BCUT2D eigenvalue weighted by atomic mass is 10.2. The van der Waals surface area contributed by atoms with Gasteiger partial charge in [0.1, 0.15) is 30.4 Å². The van der Waals surface area contributed by atoms with Crippen LogP contribution in [0, 0.1) is 0 Å². The molecule has 0 radical (unpaired) electrons. The number of aliphatic hydroxyl groups is 1. The summed E-state index contributed by atoms with van der Waals surface area (Å²) in [4.78, 5) is 4.75. The number of fused-ring (bicyclic) bond motifs is 1. The molecule has 0 amide bonds. The summed E-state index contributed by atoms with van der Waals surface area (Å²) < 4.78 is 13.6. The highest BCUT2D eigenvalue weighted by Gasteiger charge is 2.25. The molecule has 0 saturated carbocycles. The summed E-state index contributed by atoms with van der Waals surface area (Å²) >= 11 is 0. The number of hydrogen-bond acceptors (Lipinski definition) is 4. The molecule has 1 fully saturated rings. The second-order valence-corrected chi connectivity index (χ2v) is 6.35. The van der Waals surface area contributed by atoms with E-state index in [0.717, 1.165) is 42.1 Å². The highest BCUT2D eigenvalue weighted by Crippen LogP contribution is 2.30. The fourth-order valence-corrected chi connectivity index (χ4v) is 3.29. The SMILES string of the molecule is OC(COc1ccccc1)Cn1c(C2CCCO2)nc2ccccc21. The second kappa shape index (κ2) is 7.25. The summed E-state index contributed by atoms with van der Waals surface area (Å²) in [5.41, 5.74) is 1.95. The predicted molar refractivity (Wildman–Crippen MR) is 95.6 cm³/mol. The Balaban J connectivity index is 1.54. The summed E-state index contributed by atoms with van der Waals surface area (Å²) in [6.45, 7) is 1.44. The van der Waals surface area contributed by atoms with Gasteiger partial charge in [-0.1, -0.05) is 30.3 Å². The average Bonchev–Trinajstić information content (AvgIpc) is 3.29. The molecule has 1 saturated heterocycles. The van der Waals surface area contributed by atoms with Crippen molar-refractivity contribution in [3.63, 3.8) is 0 Å². The van der Waals surface area contributed by atoms with Gasteiger partial charge in [-0.3, -0.25) is 0 Å². The van der Waals surface area contributed by atoms with Crippen LogP contribution in [-0.4, -0.2) is 34.0 Å². The number of hydrogen-bond donors (Lipinski definition) is 1. The maximum absolute atomic E-state index is 10.5. The minimum atomic E-state index is -0.627. The fraction of sp³-hybridized carbons (Fsp3) is 0.350. The van der Waals surface area contributed by atoms with Crippen molar-refractivity contribution in [2.75, 3.05) is 13.2 Å². The van der Waals surface area contributed by atoms with Crippen LogP contribution in [0.2, 0.25) is 0 Å². The van der Waals surface area contributed by atoms with E-state index < -0.39 is 6.10 Å². The minimum Gasteiger partial charge on any atom is -0.491 e. The van der Waals surface area contributed by atoms with Crippen LogP contribution in [0.1, 0.15) is 24.8 Å². The Bertz CT molecular complexity index is 825. The molecule has 2 unspecified atom stereocenters. The monoisotopic (exact) mass is 338 g/mol. The first kappa shape index (κ1) is 16.1. The summed E-state index contributed by atoms with van der Waals surface area (Å²) in [7, 11) is 0. The normalized spacial score (nSPS) is 18.5. The molecule has 4 rings (SSSR count). The maximum atomic E-state index is 10.5. The number of rotatable bonds is 6. The quantitative estimate of drug-likeness (QED) is 0.749. The molecule has 1 N–H and O–H groups in total. The second-order valence-electron chi connectivity index (χ2n) is 6.35. The van der Waals surface area contributed by atoms with Crippen molar-refractivity contribution < 1.29 is 14.6 Å². The largest absolute Gasteiger partial charge is 0.491 e. The zero-order valence-electron chi connectivity index (χ0n) is 14.0. The first-order valence-electron chi connectivity index (χ1n) is 8.74. The van der Waals surface area contributed by atoms with Crippen molar-refractivity contribution >= 4 is 11.0 Å². The van der Waals surface area contributed by atoms with Gasteiger partial charge in [0, 0.05) is 6.61 Å². The van der Waals surface area contributed by atoms with E-state index in [-0.39, 0.29) is 12.7 Å². The number of para-hydroxylation sites is 3. The van der Waals surface area contributed by atoms with Crippen LogP contribution >= 0.6 is 0 Å². The number of aliphatic hydroxyl groups excluding tert-OH is 1. The summed E-state index contributed by atoms with van der Waals surface area (Å²) in [5, 5.41) is 10.5. The molecule has 2 aromatic carbocycles. The molecule has 3 aromatic rings. The van der Waals surface area contributed by atoms with Crippen LogP contribution in [0.3, 0.4) is 0 Å². The van der Waals surface area contributed by atoms with Crippen LogP contribution in [0.4, 0.5) is 0 Å². The van der Waals surface area contributed by atoms with E-state index in [2.05, 4.69) is 4.57 Å². The highest BCUT2D eigenvalue weighted by molar-refractivity contribution is 5.76. The Morgan fingerprint density at radius 1 is 1.16 bits per heavy atom. The highest BCUT2D eigenvalue weighted by atomic mass is 16.5. The van der Waals surface area contributed by atoms with Gasteiger partial charge in [-0.2, -0.15) is 0 Å². The van der Waals surface area contributed by atoms with Crippen LogP contribution in [0.25, 0.3) is 11.0 Å². The van der Waals surface area contributed by atoms with E-state index in [0.29, 0.717) is 6.54 Å². The van der Waals surface area contributed by atoms with Gasteiger partial charge in [0.2, 0.25) is 0 Å². The number of nitrogens with zero attached hydrogens (tertiary/aromatic N) is 2. The van der Waals surface area contributed by atoms with Gasteiger partial charge in [0.25, 0.3) is 0 Å². The van der Waals surface area contributed by atoms with Crippen LogP contribution in [0.15, 0.2) is 54.6 Å². The first-order chi connectivity index (χ1) is 12.3. The van der Waals surface area contributed by atoms with Crippen LogP contribution in [0.5, 0.6) is 5.75 Å². The van der Waals surface area contributed by atoms with Gasteiger partial charge < -0.3 is 19.1 Å². The molecule has 1 aromatic heterocycles. The standard InChI is InChI=1S/C20H22N2O3/c23-15(14-25-16-7-2-1-3-8-16)13-22-18-10-5-4-9-17(18)21-20(22)19-11-6-12-24-19/h1-5,7-10,15,19,23H,6,11-14H2. The molecule has 2 heterocycles. The molecular weight excluding hydrogens is 316 g/mol. The van der Waals surface area contributed by atoms with Crippen molar-refractivity contribution in [1.29, 1.82) is 0 Å². The Kier molecular flexibility index (Phi) is 4.68. The van der Waals surface area contributed by atoms with E-state index in [1.165, 1.54) is 0 Å². The summed E-state index contributed by atoms with van der Waals surface area (Å²) in [5.74, 6) is 1.66. The lowest BCUT2D eigenvalue weighted by Crippen LogP contribution is -2.25. The molecule has 2 atom stereocenters. The fourth-order valence-electron chi connectivity index (χ4n) is 3.29. The van der Waals surface area contributed by atoms with Crippen LogP contribution in [-0.2, 0) is 11.3 Å².